The van der Waals surface area contributed by atoms with E-state index in [-0.39, 0.29) is 18.0 Å². The van der Waals surface area contributed by atoms with Crippen LogP contribution in [0.5, 0.6) is 0 Å². The summed E-state index contributed by atoms with van der Waals surface area (Å²) >= 11 is 13.3. The topological polar surface area (TPSA) is 74.3 Å². The Bertz CT molecular complexity index is 857. The maximum Gasteiger partial charge on any atom is 0.322 e. The molecule has 0 aliphatic carbocycles. The number of anilines is 1. The van der Waals surface area contributed by atoms with Gasteiger partial charge in [0.05, 0.1) is 16.6 Å². The molecule has 0 bridgehead atoms. The summed E-state index contributed by atoms with van der Waals surface area (Å²) in [6.45, 7) is 6.95. The van der Waals surface area contributed by atoms with Crippen LogP contribution < -0.4 is 10.6 Å². The third-order valence-electron chi connectivity index (χ3n) is 4.46. The molecule has 0 fully saturated rings. The van der Waals surface area contributed by atoms with Crippen molar-refractivity contribution >= 4 is 52.2 Å². The summed E-state index contributed by atoms with van der Waals surface area (Å²) in [7, 11) is 0. The highest BCUT2D eigenvalue weighted by atomic mass is 35.5. The molecule has 2 rings (SSSR count). The number of nitrogens with one attached hydrogen (secondary N) is 2. The Kier molecular flexibility index (Phi) is 9.88. The van der Waals surface area contributed by atoms with Crippen LogP contribution in [0.1, 0.15) is 62.0 Å². The van der Waals surface area contributed by atoms with Crippen molar-refractivity contribution in [1.29, 1.82) is 0 Å². The number of carbonyl (C=O) groups excluding carboxylic acids is 2. The lowest BCUT2D eigenvalue weighted by atomic mass is 10.2. The number of unbranched alkanes of at least 4 members (excludes halogenated alkanes) is 3. The van der Waals surface area contributed by atoms with E-state index in [1.165, 1.54) is 17.8 Å². The van der Waals surface area contributed by atoms with Crippen molar-refractivity contribution in [2.45, 2.75) is 59.0 Å². The van der Waals surface area contributed by atoms with Gasteiger partial charge in [0, 0.05) is 23.7 Å². The first kappa shape index (κ1) is 24.4. The number of nitrogens with zero attached hydrogens (tertiary/aromatic N) is 2. The molecule has 0 saturated heterocycles. The first-order chi connectivity index (χ1) is 14.3. The Morgan fingerprint density at radius 3 is 2.60 bits per heavy atom. The van der Waals surface area contributed by atoms with E-state index in [0.29, 0.717) is 39.5 Å². The predicted molar refractivity (Wildman–Crippen MR) is 125 cm³/mol. The van der Waals surface area contributed by atoms with Gasteiger partial charge in [-0.05, 0) is 38.5 Å². The number of thiazole rings is 1. The highest BCUT2D eigenvalue weighted by Gasteiger charge is 2.20. The van der Waals surface area contributed by atoms with Crippen molar-refractivity contribution in [1.82, 2.24) is 15.2 Å². The number of hydrogen-bond acceptors (Lipinski definition) is 4. The number of rotatable bonds is 10. The van der Waals surface area contributed by atoms with Gasteiger partial charge in [-0.2, -0.15) is 0 Å². The Labute approximate surface area is 192 Å². The van der Waals surface area contributed by atoms with Crippen LogP contribution in [0.3, 0.4) is 0 Å². The summed E-state index contributed by atoms with van der Waals surface area (Å²) in [4.78, 5) is 31.1. The van der Waals surface area contributed by atoms with Crippen LogP contribution in [0.15, 0.2) is 23.6 Å². The van der Waals surface area contributed by atoms with Gasteiger partial charge >= 0.3 is 6.03 Å². The maximum absolute atomic E-state index is 12.8. The van der Waals surface area contributed by atoms with E-state index in [1.54, 1.807) is 28.5 Å². The van der Waals surface area contributed by atoms with Crippen molar-refractivity contribution < 1.29 is 9.59 Å². The maximum atomic E-state index is 12.8. The zero-order valence-electron chi connectivity index (χ0n) is 17.5. The lowest BCUT2D eigenvalue weighted by Gasteiger charge is -2.26. The summed E-state index contributed by atoms with van der Waals surface area (Å²) in [5.41, 5.74) is 0.946. The molecule has 164 valence electrons. The van der Waals surface area contributed by atoms with Crippen molar-refractivity contribution in [3.63, 3.8) is 0 Å². The molecule has 0 atom stereocenters. The molecular formula is C21H28Cl2N4O2S. The molecule has 0 radical (unpaired) electrons. The second kappa shape index (κ2) is 12.1. The van der Waals surface area contributed by atoms with Crippen LogP contribution in [-0.4, -0.2) is 34.4 Å². The molecule has 9 heteroatoms. The van der Waals surface area contributed by atoms with Crippen molar-refractivity contribution in [2.24, 2.45) is 0 Å². The fourth-order valence-corrected chi connectivity index (χ4v) is 3.81. The van der Waals surface area contributed by atoms with Crippen molar-refractivity contribution in [3.05, 3.63) is 44.3 Å². The normalized spacial score (nSPS) is 10.9. The van der Waals surface area contributed by atoms with E-state index < -0.39 is 0 Å². The molecule has 2 N–H and O–H groups in total. The minimum absolute atomic E-state index is 0.0625. The van der Waals surface area contributed by atoms with Gasteiger partial charge in [0.15, 0.2) is 0 Å². The summed E-state index contributed by atoms with van der Waals surface area (Å²) in [5.74, 6) is -0.176. The first-order valence-electron chi connectivity index (χ1n) is 10.1. The molecule has 3 amide bonds. The Morgan fingerprint density at radius 1 is 1.17 bits per heavy atom. The van der Waals surface area contributed by atoms with E-state index in [4.69, 9.17) is 23.2 Å². The van der Waals surface area contributed by atoms with E-state index in [9.17, 15) is 9.59 Å². The average Bonchev–Trinajstić information content (AvgIpc) is 3.17. The second-order valence-corrected chi connectivity index (χ2v) is 8.98. The zero-order chi connectivity index (χ0) is 22.1. The molecule has 0 unspecified atom stereocenters. The number of hydrogen-bond donors (Lipinski definition) is 2. The minimum atomic E-state index is -0.277. The number of benzene rings is 1. The smallest absolute Gasteiger partial charge is 0.322 e. The standard InChI is InChI=1S/C21H28Cl2N4O2S/c1-4-5-6-7-10-24-20(28)18-13-30-19(26-18)12-27(14(2)3)21(29)25-15-8-9-16(22)17(23)11-15/h8-9,11,13-14H,4-7,10,12H2,1-3H3,(H,24,28)(H,25,29). The van der Waals surface area contributed by atoms with Crippen LogP contribution in [-0.2, 0) is 6.54 Å². The molecular weight excluding hydrogens is 443 g/mol. The van der Waals surface area contributed by atoms with Crippen LogP contribution in [0, 0.1) is 0 Å². The highest BCUT2D eigenvalue weighted by Crippen LogP contribution is 2.25. The van der Waals surface area contributed by atoms with Gasteiger partial charge in [-0.25, -0.2) is 9.78 Å². The Morgan fingerprint density at radius 2 is 1.93 bits per heavy atom. The first-order valence-corrected chi connectivity index (χ1v) is 11.7. The fraction of sp³-hybridized carbons (Fsp3) is 0.476. The summed E-state index contributed by atoms with van der Waals surface area (Å²) in [6, 6.07) is 4.59. The Hall–Kier alpha value is -1.83. The van der Waals surface area contributed by atoms with Gasteiger partial charge in [-0.3, -0.25) is 4.79 Å². The van der Waals surface area contributed by atoms with Gasteiger partial charge in [0.25, 0.3) is 5.91 Å². The third kappa shape index (κ3) is 7.45. The molecule has 6 nitrogen and oxygen atoms in total. The number of urea groups is 1. The SMILES string of the molecule is CCCCCCNC(=O)c1csc(CN(C(=O)Nc2ccc(Cl)c(Cl)c2)C(C)C)n1. The summed E-state index contributed by atoms with van der Waals surface area (Å²) in [6.07, 6.45) is 4.41. The highest BCUT2D eigenvalue weighted by molar-refractivity contribution is 7.09. The van der Waals surface area contributed by atoms with Gasteiger partial charge < -0.3 is 15.5 Å². The molecule has 0 aliphatic heterocycles. The number of aromatic nitrogens is 1. The lowest BCUT2D eigenvalue weighted by Crippen LogP contribution is -2.39. The third-order valence-corrected chi connectivity index (χ3v) is 6.03. The quantitative estimate of drug-likeness (QED) is 0.405. The van der Waals surface area contributed by atoms with Crippen LogP contribution in [0.25, 0.3) is 0 Å². The second-order valence-electron chi connectivity index (χ2n) is 7.22. The van der Waals surface area contributed by atoms with Gasteiger partial charge in [-0.15, -0.1) is 11.3 Å². The fourth-order valence-electron chi connectivity index (χ4n) is 2.74. The lowest BCUT2D eigenvalue weighted by molar-refractivity contribution is 0.0948. The van der Waals surface area contributed by atoms with Crippen LogP contribution in [0.2, 0.25) is 10.0 Å². The van der Waals surface area contributed by atoms with E-state index in [1.807, 2.05) is 13.8 Å². The van der Waals surface area contributed by atoms with E-state index in [0.717, 1.165) is 19.3 Å². The molecule has 0 saturated carbocycles. The molecule has 30 heavy (non-hydrogen) atoms. The summed E-state index contributed by atoms with van der Waals surface area (Å²) in [5, 5.41) is 8.95. The van der Waals surface area contributed by atoms with E-state index in [2.05, 4.69) is 22.5 Å². The van der Waals surface area contributed by atoms with Gasteiger partial charge in [0.1, 0.15) is 10.7 Å². The molecule has 0 aliphatic rings. The Balaban J connectivity index is 1.95. The van der Waals surface area contributed by atoms with Gasteiger partial charge in [-0.1, -0.05) is 49.4 Å². The van der Waals surface area contributed by atoms with Crippen LogP contribution >= 0.6 is 34.5 Å². The monoisotopic (exact) mass is 470 g/mol. The number of amides is 3. The predicted octanol–water partition coefficient (Wildman–Crippen LogP) is 6.20. The minimum Gasteiger partial charge on any atom is -0.351 e. The molecule has 1 aromatic carbocycles. The number of halogens is 2. The average molecular weight is 471 g/mol. The van der Waals surface area contributed by atoms with E-state index >= 15 is 0 Å². The molecule has 0 spiro atoms. The summed E-state index contributed by atoms with van der Waals surface area (Å²) < 4.78 is 0. The van der Waals surface area contributed by atoms with Gasteiger partial charge in [0.2, 0.25) is 0 Å². The molecule has 1 aromatic heterocycles. The van der Waals surface area contributed by atoms with Crippen molar-refractivity contribution in [3.8, 4) is 0 Å². The number of carbonyl (C=O) groups is 2. The van der Waals surface area contributed by atoms with Crippen LogP contribution in [0.4, 0.5) is 10.5 Å². The zero-order valence-corrected chi connectivity index (χ0v) is 19.8. The largest absolute Gasteiger partial charge is 0.351 e. The van der Waals surface area contributed by atoms with Crippen molar-refractivity contribution in [2.75, 3.05) is 11.9 Å². The molecule has 2 aromatic rings. The molecule has 1 heterocycles.